The number of alkyl halides is 3. The van der Waals surface area contributed by atoms with Gasteiger partial charge in [-0.15, -0.1) is 11.3 Å². The summed E-state index contributed by atoms with van der Waals surface area (Å²) in [5, 5.41) is 3.13. The molecule has 0 unspecified atom stereocenters. The van der Waals surface area contributed by atoms with Gasteiger partial charge in [0.25, 0.3) is 0 Å². The van der Waals surface area contributed by atoms with Gasteiger partial charge in [-0.2, -0.15) is 13.2 Å². The Morgan fingerprint density at radius 1 is 1.38 bits per heavy atom. The molecule has 0 aliphatic carbocycles. The summed E-state index contributed by atoms with van der Waals surface area (Å²) in [4.78, 5) is 15.2. The van der Waals surface area contributed by atoms with Crippen LogP contribution in [0.4, 0.5) is 18.3 Å². The molecule has 8 heteroatoms. The van der Waals surface area contributed by atoms with Crippen molar-refractivity contribution in [1.82, 2.24) is 4.98 Å². The number of anilines is 1. The maximum absolute atomic E-state index is 12.4. The number of thiazole rings is 1. The average molecular weight is 316 g/mol. The van der Waals surface area contributed by atoms with E-state index in [1.165, 1.54) is 7.11 Å². The highest BCUT2D eigenvalue weighted by molar-refractivity contribution is 7.13. The van der Waals surface area contributed by atoms with Crippen molar-refractivity contribution in [3.05, 3.63) is 40.9 Å². The number of hydrogen-bond acceptors (Lipinski definition) is 4. The minimum absolute atomic E-state index is 0.00898. The molecule has 0 atom stereocenters. The van der Waals surface area contributed by atoms with E-state index in [0.717, 1.165) is 16.7 Å². The summed E-state index contributed by atoms with van der Waals surface area (Å²) < 4.78 is 42.3. The van der Waals surface area contributed by atoms with E-state index in [0.29, 0.717) is 11.3 Å². The first-order valence-electron chi connectivity index (χ1n) is 5.84. The van der Waals surface area contributed by atoms with Crippen LogP contribution in [0.15, 0.2) is 29.6 Å². The van der Waals surface area contributed by atoms with Crippen molar-refractivity contribution in [2.45, 2.75) is 12.6 Å². The summed E-state index contributed by atoms with van der Waals surface area (Å²) in [6.07, 6.45) is -4.52. The van der Waals surface area contributed by atoms with Gasteiger partial charge >= 0.3 is 6.18 Å². The Morgan fingerprint density at radius 2 is 2.10 bits per heavy atom. The Balaban J connectivity index is 2.03. The number of amides is 1. The largest absolute Gasteiger partial charge is 0.496 e. The van der Waals surface area contributed by atoms with E-state index in [2.05, 4.69) is 10.3 Å². The van der Waals surface area contributed by atoms with Crippen LogP contribution in [0.25, 0.3) is 0 Å². The van der Waals surface area contributed by atoms with Crippen LogP contribution in [0.3, 0.4) is 0 Å². The van der Waals surface area contributed by atoms with Gasteiger partial charge in [0.2, 0.25) is 5.91 Å². The Bertz CT molecular complexity index is 640. The fourth-order valence-electron chi connectivity index (χ4n) is 1.65. The second-order valence-electron chi connectivity index (χ2n) is 4.07. The third kappa shape index (κ3) is 3.94. The van der Waals surface area contributed by atoms with Crippen molar-refractivity contribution in [3.8, 4) is 5.75 Å². The number of halogens is 3. The number of carbonyl (C=O) groups is 1. The Kier molecular flexibility index (Phi) is 4.46. The molecule has 1 heterocycles. The van der Waals surface area contributed by atoms with Gasteiger partial charge in [0, 0.05) is 10.9 Å². The van der Waals surface area contributed by atoms with Gasteiger partial charge in [-0.3, -0.25) is 4.79 Å². The molecular formula is C13H11F3N2O2S. The number of nitrogens with zero attached hydrogens (tertiary/aromatic N) is 1. The average Bonchev–Trinajstić information content (AvgIpc) is 2.87. The number of carbonyl (C=O) groups excluding carboxylic acids is 1. The van der Waals surface area contributed by atoms with E-state index in [-0.39, 0.29) is 11.6 Å². The molecule has 21 heavy (non-hydrogen) atoms. The highest BCUT2D eigenvalue weighted by Gasteiger charge is 2.33. The smallest absolute Gasteiger partial charge is 0.434 e. The quantitative estimate of drug-likeness (QED) is 0.941. The maximum atomic E-state index is 12.4. The van der Waals surface area contributed by atoms with Gasteiger partial charge in [0.15, 0.2) is 10.8 Å². The fraction of sp³-hybridized carbons (Fsp3) is 0.231. The lowest BCUT2D eigenvalue weighted by atomic mass is 10.1. The number of methoxy groups -OCH3 is 1. The van der Waals surface area contributed by atoms with Crippen LogP contribution >= 0.6 is 11.3 Å². The number of benzene rings is 1. The Hall–Kier alpha value is -2.09. The molecule has 0 saturated carbocycles. The molecule has 1 amide bonds. The SMILES string of the molecule is COc1ccccc1CC(=O)Nc1nc(C(F)(F)F)cs1. The molecule has 2 rings (SSSR count). The molecule has 2 aromatic rings. The lowest BCUT2D eigenvalue weighted by Crippen LogP contribution is -2.15. The van der Waals surface area contributed by atoms with Gasteiger partial charge in [0.1, 0.15) is 5.75 Å². The van der Waals surface area contributed by atoms with E-state index in [4.69, 9.17) is 4.74 Å². The van der Waals surface area contributed by atoms with Crippen molar-refractivity contribution in [1.29, 1.82) is 0 Å². The highest BCUT2D eigenvalue weighted by atomic mass is 32.1. The first-order chi connectivity index (χ1) is 9.90. The van der Waals surface area contributed by atoms with Crippen LogP contribution in [-0.4, -0.2) is 18.0 Å². The van der Waals surface area contributed by atoms with Crippen LogP contribution in [0, 0.1) is 0 Å². The molecule has 0 saturated heterocycles. The molecule has 112 valence electrons. The lowest BCUT2D eigenvalue weighted by Gasteiger charge is -2.07. The van der Waals surface area contributed by atoms with Crippen LogP contribution < -0.4 is 10.1 Å². The van der Waals surface area contributed by atoms with E-state index in [1.54, 1.807) is 24.3 Å². The van der Waals surface area contributed by atoms with Crippen LogP contribution in [0.2, 0.25) is 0 Å². The van der Waals surface area contributed by atoms with Crippen molar-refractivity contribution in [2.24, 2.45) is 0 Å². The molecule has 1 aromatic carbocycles. The predicted octanol–water partition coefficient (Wildman–Crippen LogP) is 3.35. The second kappa shape index (κ2) is 6.13. The molecule has 0 radical (unpaired) electrons. The van der Waals surface area contributed by atoms with Crippen molar-refractivity contribution in [3.63, 3.8) is 0 Å². The third-order valence-corrected chi connectivity index (χ3v) is 3.34. The Morgan fingerprint density at radius 3 is 2.71 bits per heavy atom. The number of nitrogens with one attached hydrogen (secondary N) is 1. The fourth-order valence-corrected chi connectivity index (χ4v) is 2.38. The number of rotatable bonds is 4. The van der Waals surface area contributed by atoms with Crippen LogP contribution in [-0.2, 0) is 17.4 Å². The summed E-state index contributed by atoms with van der Waals surface area (Å²) in [6.45, 7) is 0. The molecular weight excluding hydrogens is 305 g/mol. The zero-order valence-corrected chi connectivity index (χ0v) is 11.7. The van der Waals surface area contributed by atoms with Crippen molar-refractivity contribution >= 4 is 22.4 Å². The number of hydrogen-bond donors (Lipinski definition) is 1. The van der Waals surface area contributed by atoms with E-state index >= 15 is 0 Å². The zero-order valence-electron chi connectivity index (χ0n) is 10.9. The second-order valence-corrected chi connectivity index (χ2v) is 4.93. The van der Waals surface area contributed by atoms with E-state index in [9.17, 15) is 18.0 Å². The Labute approximate surface area is 122 Å². The lowest BCUT2D eigenvalue weighted by molar-refractivity contribution is -0.140. The summed E-state index contributed by atoms with van der Waals surface area (Å²) >= 11 is 0.731. The molecule has 0 bridgehead atoms. The number of aromatic nitrogens is 1. The van der Waals surface area contributed by atoms with Crippen molar-refractivity contribution in [2.75, 3.05) is 12.4 Å². The zero-order chi connectivity index (χ0) is 15.5. The summed E-state index contributed by atoms with van der Waals surface area (Å²) in [5.41, 5.74) is -0.370. The van der Waals surface area contributed by atoms with E-state index in [1.807, 2.05) is 0 Å². The normalized spacial score (nSPS) is 11.2. The summed E-state index contributed by atoms with van der Waals surface area (Å²) in [5.74, 6) is 0.0883. The molecule has 4 nitrogen and oxygen atoms in total. The highest BCUT2D eigenvalue weighted by Crippen LogP contribution is 2.31. The monoisotopic (exact) mass is 316 g/mol. The van der Waals surface area contributed by atoms with Gasteiger partial charge in [0.05, 0.1) is 13.5 Å². The van der Waals surface area contributed by atoms with Crippen LogP contribution in [0.1, 0.15) is 11.3 Å². The third-order valence-electron chi connectivity index (χ3n) is 2.58. The minimum atomic E-state index is -4.51. The van der Waals surface area contributed by atoms with Gasteiger partial charge < -0.3 is 10.1 Å². The van der Waals surface area contributed by atoms with Gasteiger partial charge in [-0.1, -0.05) is 18.2 Å². The summed E-state index contributed by atoms with van der Waals surface area (Å²) in [7, 11) is 1.48. The first kappa shape index (κ1) is 15.3. The maximum Gasteiger partial charge on any atom is 0.434 e. The number of para-hydroxylation sites is 1. The number of ether oxygens (including phenoxy) is 1. The molecule has 0 spiro atoms. The molecule has 0 fully saturated rings. The minimum Gasteiger partial charge on any atom is -0.496 e. The van der Waals surface area contributed by atoms with Gasteiger partial charge in [-0.25, -0.2) is 4.98 Å². The van der Waals surface area contributed by atoms with Crippen molar-refractivity contribution < 1.29 is 22.7 Å². The standard InChI is InChI=1S/C13H11F3N2O2S/c1-20-9-5-3-2-4-8(9)6-11(19)18-12-17-10(7-21-12)13(14,15)16/h2-5,7H,6H2,1H3,(H,17,18,19). The molecule has 1 aromatic heterocycles. The van der Waals surface area contributed by atoms with Crippen LogP contribution in [0.5, 0.6) is 5.75 Å². The summed E-state index contributed by atoms with van der Waals surface area (Å²) in [6, 6.07) is 6.92. The first-order valence-corrected chi connectivity index (χ1v) is 6.72. The molecule has 1 N–H and O–H groups in total. The predicted molar refractivity (Wildman–Crippen MR) is 72.4 cm³/mol. The topological polar surface area (TPSA) is 51.2 Å². The molecule has 0 aliphatic rings. The van der Waals surface area contributed by atoms with E-state index < -0.39 is 17.8 Å². The van der Waals surface area contributed by atoms with Gasteiger partial charge in [-0.05, 0) is 6.07 Å². The molecule has 0 aliphatic heterocycles.